The van der Waals surface area contributed by atoms with E-state index in [1.165, 1.54) is 0 Å². The average molecular weight is 315 g/mol. The van der Waals surface area contributed by atoms with E-state index in [0.29, 0.717) is 5.56 Å². The van der Waals surface area contributed by atoms with Gasteiger partial charge in [0.05, 0.1) is 11.2 Å². The molecule has 1 saturated carbocycles. The van der Waals surface area contributed by atoms with E-state index in [9.17, 15) is 4.79 Å². The lowest BCUT2D eigenvalue weighted by molar-refractivity contribution is 0.00578. The van der Waals surface area contributed by atoms with Crippen molar-refractivity contribution in [2.24, 2.45) is 0 Å². The number of benzene rings is 1. The van der Waals surface area contributed by atoms with Gasteiger partial charge in [-0.25, -0.2) is 0 Å². The molecule has 0 radical (unpaired) electrons. The Morgan fingerprint density at radius 1 is 1.09 bits per heavy atom. The maximum atomic E-state index is 12.4. The van der Waals surface area contributed by atoms with Gasteiger partial charge in [-0.2, -0.15) is 0 Å². The SMILES string of the molecule is Cc1ccc(C(=O)NC2(C)CC2)cc1B1OC(C)(C)C(C)(C)O1. The monoisotopic (exact) mass is 315 g/mol. The summed E-state index contributed by atoms with van der Waals surface area (Å²) >= 11 is 0. The Hall–Kier alpha value is -1.33. The Kier molecular flexibility index (Phi) is 3.65. The predicted octanol–water partition coefficient (Wildman–Crippen LogP) is 2.58. The van der Waals surface area contributed by atoms with Crippen LogP contribution in [0, 0.1) is 6.92 Å². The highest BCUT2D eigenvalue weighted by Crippen LogP contribution is 2.37. The van der Waals surface area contributed by atoms with Crippen molar-refractivity contribution in [3.63, 3.8) is 0 Å². The van der Waals surface area contributed by atoms with Crippen LogP contribution >= 0.6 is 0 Å². The molecular weight excluding hydrogens is 289 g/mol. The van der Waals surface area contributed by atoms with Crippen molar-refractivity contribution in [1.29, 1.82) is 0 Å². The molecule has 0 spiro atoms. The van der Waals surface area contributed by atoms with Gasteiger partial charge < -0.3 is 14.6 Å². The minimum absolute atomic E-state index is 0.0214. The van der Waals surface area contributed by atoms with Gasteiger partial charge in [-0.15, -0.1) is 0 Å². The molecule has 0 atom stereocenters. The van der Waals surface area contributed by atoms with Crippen LogP contribution in [0.5, 0.6) is 0 Å². The molecule has 0 bridgehead atoms. The first kappa shape index (κ1) is 16.5. The molecule has 124 valence electrons. The highest BCUT2D eigenvalue weighted by Gasteiger charge is 2.52. The molecule has 5 heteroatoms. The number of carbonyl (C=O) groups excluding carboxylic acids is 1. The standard InChI is InChI=1S/C18H26BNO3/c1-12-7-8-13(15(21)20-18(6)9-10-18)11-14(12)19-22-16(2,3)17(4,5)23-19/h7-8,11H,9-10H2,1-6H3,(H,20,21). The minimum Gasteiger partial charge on any atom is -0.399 e. The molecular formula is C18H26BNO3. The normalized spacial score (nSPS) is 23.7. The second kappa shape index (κ2) is 5.08. The largest absolute Gasteiger partial charge is 0.495 e. The first-order valence-electron chi connectivity index (χ1n) is 8.32. The fraction of sp³-hybridized carbons (Fsp3) is 0.611. The molecule has 1 aromatic rings. The van der Waals surface area contributed by atoms with E-state index in [4.69, 9.17) is 9.31 Å². The summed E-state index contributed by atoms with van der Waals surface area (Å²) in [7, 11) is -0.440. The molecule has 0 unspecified atom stereocenters. The maximum Gasteiger partial charge on any atom is 0.495 e. The molecule has 4 nitrogen and oxygen atoms in total. The number of hydrogen-bond donors (Lipinski definition) is 1. The summed E-state index contributed by atoms with van der Waals surface area (Å²) < 4.78 is 12.3. The van der Waals surface area contributed by atoms with E-state index in [1.807, 2.05) is 52.8 Å². The minimum atomic E-state index is -0.440. The molecule has 2 aliphatic rings. The molecule has 1 aliphatic heterocycles. The zero-order chi connectivity index (χ0) is 17.0. The van der Waals surface area contributed by atoms with Gasteiger partial charge in [-0.1, -0.05) is 11.6 Å². The molecule has 1 saturated heterocycles. The number of nitrogens with one attached hydrogen (secondary N) is 1. The highest BCUT2D eigenvalue weighted by atomic mass is 16.7. The van der Waals surface area contributed by atoms with Crippen LogP contribution in [0.4, 0.5) is 0 Å². The van der Waals surface area contributed by atoms with Gasteiger partial charge in [0, 0.05) is 11.1 Å². The van der Waals surface area contributed by atoms with Crippen LogP contribution in [-0.2, 0) is 9.31 Å². The molecule has 1 amide bonds. The smallest absolute Gasteiger partial charge is 0.399 e. The zero-order valence-electron chi connectivity index (χ0n) is 14.9. The van der Waals surface area contributed by atoms with E-state index in [0.717, 1.165) is 23.9 Å². The lowest BCUT2D eigenvalue weighted by Gasteiger charge is -2.32. The maximum absolute atomic E-state index is 12.4. The van der Waals surface area contributed by atoms with Crippen LogP contribution in [0.25, 0.3) is 0 Å². The highest BCUT2D eigenvalue weighted by molar-refractivity contribution is 6.62. The van der Waals surface area contributed by atoms with Gasteiger partial charge >= 0.3 is 7.12 Å². The van der Waals surface area contributed by atoms with E-state index in [-0.39, 0.29) is 22.6 Å². The fourth-order valence-corrected chi connectivity index (χ4v) is 2.66. The molecule has 1 N–H and O–H groups in total. The van der Waals surface area contributed by atoms with Crippen molar-refractivity contribution in [2.45, 2.75) is 71.1 Å². The van der Waals surface area contributed by atoms with Crippen molar-refractivity contribution in [1.82, 2.24) is 5.32 Å². The van der Waals surface area contributed by atoms with Crippen LogP contribution in [0.1, 0.15) is 63.4 Å². The van der Waals surface area contributed by atoms with Gasteiger partial charge in [0.2, 0.25) is 0 Å². The summed E-state index contributed by atoms with van der Waals surface area (Å²) in [4.78, 5) is 12.4. The van der Waals surface area contributed by atoms with Crippen LogP contribution < -0.4 is 10.8 Å². The zero-order valence-corrected chi connectivity index (χ0v) is 14.9. The molecule has 23 heavy (non-hydrogen) atoms. The Morgan fingerprint density at radius 2 is 1.65 bits per heavy atom. The number of amides is 1. The first-order chi connectivity index (χ1) is 10.5. The predicted molar refractivity (Wildman–Crippen MR) is 92.0 cm³/mol. The van der Waals surface area contributed by atoms with Crippen LogP contribution in [0.15, 0.2) is 18.2 Å². The van der Waals surface area contributed by atoms with E-state index >= 15 is 0 Å². The van der Waals surface area contributed by atoms with E-state index in [1.54, 1.807) is 0 Å². The van der Waals surface area contributed by atoms with Crippen LogP contribution in [0.2, 0.25) is 0 Å². The molecule has 2 fully saturated rings. The van der Waals surface area contributed by atoms with Crippen molar-refractivity contribution in [3.05, 3.63) is 29.3 Å². The van der Waals surface area contributed by atoms with Crippen LogP contribution in [0.3, 0.4) is 0 Å². The fourth-order valence-electron chi connectivity index (χ4n) is 2.66. The summed E-state index contributed by atoms with van der Waals surface area (Å²) in [6, 6.07) is 5.73. The van der Waals surface area contributed by atoms with Crippen LogP contribution in [-0.4, -0.2) is 29.8 Å². The third-order valence-electron chi connectivity index (χ3n) is 5.46. The van der Waals surface area contributed by atoms with Crippen molar-refractivity contribution < 1.29 is 14.1 Å². The van der Waals surface area contributed by atoms with Crippen molar-refractivity contribution in [3.8, 4) is 0 Å². The van der Waals surface area contributed by atoms with Crippen molar-refractivity contribution >= 4 is 18.5 Å². The number of aryl methyl sites for hydroxylation is 1. The summed E-state index contributed by atoms with van der Waals surface area (Å²) in [6.45, 7) is 12.2. The molecule has 1 aliphatic carbocycles. The lowest BCUT2D eigenvalue weighted by Crippen LogP contribution is -2.41. The Balaban J connectivity index is 1.85. The lowest BCUT2D eigenvalue weighted by atomic mass is 9.75. The summed E-state index contributed by atoms with van der Waals surface area (Å²) in [6.07, 6.45) is 2.10. The third-order valence-corrected chi connectivity index (χ3v) is 5.46. The molecule has 3 rings (SSSR count). The van der Waals surface area contributed by atoms with Crippen molar-refractivity contribution in [2.75, 3.05) is 0 Å². The van der Waals surface area contributed by atoms with E-state index in [2.05, 4.69) is 12.2 Å². The average Bonchev–Trinajstić information content (AvgIpc) is 3.09. The van der Waals surface area contributed by atoms with Gasteiger partial charge in [0.15, 0.2) is 0 Å². The first-order valence-corrected chi connectivity index (χ1v) is 8.32. The number of rotatable bonds is 3. The number of hydrogen-bond acceptors (Lipinski definition) is 3. The van der Waals surface area contributed by atoms with E-state index < -0.39 is 7.12 Å². The quantitative estimate of drug-likeness (QED) is 0.872. The Morgan fingerprint density at radius 3 is 2.17 bits per heavy atom. The molecule has 1 heterocycles. The van der Waals surface area contributed by atoms with Gasteiger partial charge in [-0.3, -0.25) is 4.79 Å². The van der Waals surface area contributed by atoms with Gasteiger partial charge in [0.25, 0.3) is 5.91 Å². The third kappa shape index (κ3) is 3.04. The summed E-state index contributed by atoms with van der Waals surface area (Å²) in [5.74, 6) is -0.0252. The molecule has 1 aromatic carbocycles. The Labute approximate surface area is 139 Å². The molecule has 0 aromatic heterocycles. The Bertz CT molecular complexity index is 634. The topological polar surface area (TPSA) is 47.6 Å². The van der Waals surface area contributed by atoms with Gasteiger partial charge in [-0.05, 0) is 72.0 Å². The second-order valence-corrected chi connectivity index (χ2v) is 8.17. The second-order valence-electron chi connectivity index (χ2n) is 8.17. The summed E-state index contributed by atoms with van der Waals surface area (Å²) in [5, 5.41) is 3.10. The van der Waals surface area contributed by atoms with Gasteiger partial charge in [0.1, 0.15) is 0 Å². The number of carbonyl (C=O) groups is 1. The summed E-state index contributed by atoms with van der Waals surface area (Å²) in [5.41, 5.74) is 1.86.